The number of fused-ring (bicyclic) bond motifs is 3. The Morgan fingerprint density at radius 3 is 2.05 bits per heavy atom. The van der Waals surface area contributed by atoms with E-state index in [0.29, 0.717) is 13.2 Å². The first-order chi connectivity index (χ1) is 10.1. The highest BCUT2D eigenvalue weighted by molar-refractivity contribution is 9.10. The molecule has 0 radical (unpaired) electrons. The van der Waals surface area contributed by atoms with Crippen molar-refractivity contribution in [3.8, 4) is 0 Å². The molecule has 5 heteroatoms. The van der Waals surface area contributed by atoms with Gasteiger partial charge in [0.25, 0.3) is 0 Å². The minimum Gasteiger partial charge on any atom is -0.389 e. The van der Waals surface area contributed by atoms with E-state index in [1.165, 1.54) is 10.8 Å². The second-order valence-electron chi connectivity index (χ2n) is 5.04. The van der Waals surface area contributed by atoms with Crippen LogP contribution in [0.4, 0.5) is 0 Å². The molecule has 0 spiro atoms. The van der Waals surface area contributed by atoms with Gasteiger partial charge in [-0.3, -0.25) is 0 Å². The first-order valence-corrected chi connectivity index (χ1v) is 8.23. The van der Waals surface area contributed by atoms with Crippen molar-refractivity contribution >= 4 is 53.7 Å². The summed E-state index contributed by atoms with van der Waals surface area (Å²) in [5.74, 6) is 0. The van der Waals surface area contributed by atoms with Gasteiger partial charge in [-0.15, -0.1) is 0 Å². The summed E-state index contributed by atoms with van der Waals surface area (Å²) in [6.07, 6.45) is -0.527. The first-order valence-electron chi connectivity index (χ1n) is 6.64. The number of aliphatic hydroxyl groups is 1. The van der Waals surface area contributed by atoms with Gasteiger partial charge in [-0.1, -0.05) is 31.9 Å². The minimum atomic E-state index is -0.527. The molecular weight excluding hydrogens is 398 g/mol. The molecule has 0 aliphatic carbocycles. The first kappa shape index (κ1) is 15.0. The zero-order valence-electron chi connectivity index (χ0n) is 11.5. The number of benzene rings is 2. The average Bonchev–Trinajstić information content (AvgIpc) is 2.72. The summed E-state index contributed by atoms with van der Waals surface area (Å²) in [4.78, 5) is 0. The monoisotopic (exact) mass is 411 g/mol. The van der Waals surface area contributed by atoms with Gasteiger partial charge < -0.3 is 14.4 Å². The van der Waals surface area contributed by atoms with E-state index in [1.54, 1.807) is 7.11 Å². The van der Waals surface area contributed by atoms with E-state index in [1.807, 2.05) is 12.1 Å². The van der Waals surface area contributed by atoms with Crippen LogP contribution in [-0.2, 0) is 11.3 Å². The van der Waals surface area contributed by atoms with Crippen molar-refractivity contribution in [2.45, 2.75) is 12.6 Å². The number of methoxy groups -OCH3 is 1. The largest absolute Gasteiger partial charge is 0.389 e. The number of hydrogen-bond donors (Lipinski definition) is 1. The van der Waals surface area contributed by atoms with E-state index in [-0.39, 0.29) is 0 Å². The van der Waals surface area contributed by atoms with Gasteiger partial charge in [-0.2, -0.15) is 0 Å². The lowest BCUT2D eigenvalue weighted by Crippen LogP contribution is -2.20. The van der Waals surface area contributed by atoms with Gasteiger partial charge >= 0.3 is 0 Å². The normalized spacial score (nSPS) is 13.1. The summed E-state index contributed by atoms with van der Waals surface area (Å²) in [6, 6.07) is 12.4. The van der Waals surface area contributed by atoms with Gasteiger partial charge in [-0.25, -0.2) is 0 Å². The molecule has 3 rings (SSSR count). The highest BCUT2D eigenvalue weighted by atomic mass is 79.9. The zero-order valence-corrected chi connectivity index (χ0v) is 14.7. The predicted molar refractivity (Wildman–Crippen MR) is 92.7 cm³/mol. The lowest BCUT2D eigenvalue weighted by Gasteiger charge is -2.13. The molecule has 1 aromatic heterocycles. The summed E-state index contributed by atoms with van der Waals surface area (Å²) in [5, 5.41) is 12.4. The van der Waals surface area contributed by atoms with Gasteiger partial charge in [0.2, 0.25) is 0 Å². The fourth-order valence-electron chi connectivity index (χ4n) is 2.70. The molecule has 0 aliphatic rings. The summed E-state index contributed by atoms with van der Waals surface area (Å²) < 4.78 is 9.28. The second-order valence-corrected chi connectivity index (χ2v) is 6.87. The van der Waals surface area contributed by atoms with Crippen LogP contribution in [0.1, 0.15) is 0 Å². The van der Waals surface area contributed by atoms with Crippen LogP contribution in [0.25, 0.3) is 21.8 Å². The third-order valence-electron chi connectivity index (χ3n) is 3.54. The predicted octanol–water partition coefficient (Wildman–Crippen LogP) is 4.33. The number of halogens is 2. The van der Waals surface area contributed by atoms with Crippen molar-refractivity contribution in [2.24, 2.45) is 0 Å². The fourth-order valence-corrected chi connectivity index (χ4v) is 3.42. The SMILES string of the molecule is COCC(O)Cn1c2ccc(Br)cc2c2cc(Br)ccc21. The lowest BCUT2D eigenvalue weighted by molar-refractivity contribution is 0.0551. The van der Waals surface area contributed by atoms with Gasteiger partial charge in [0.05, 0.1) is 19.3 Å². The van der Waals surface area contributed by atoms with Crippen LogP contribution in [-0.4, -0.2) is 29.5 Å². The zero-order chi connectivity index (χ0) is 15.0. The average molecular weight is 413 g/mol. The van der Waals surface area contributed by atoms with Crippen molar-refractivity contribution in [1.29, 1.82) is 0 Å². The molecule has 0 aliphatic heterocycles. The Kier molecular flexibility index (Phi) is 4.36. The summed E-state index contributed by atoms with van der Waals surface area (Å²) in [7, 11) is 1.60. The number of ether oxygens (including phenoxy) is 1. The van der Waals surface area contributed by atoms with Crippen LogP contribution >= 0.6 is 31.9 Å². The third kappa shape index (κ3) is 2.88. The highest BCUT2D eigenvalue weighted by Gasteiger charge is 2.14. The Labute approximate surface area is 139 Å². The van der Waals surface area contributed by atoms with Gasteiger partial charge in [0.15, 0.2) is 0 Å². The van der Waals surface area contributed by atoms with Gasteiger partial charge in [-0.05, 0) is 36.4 Å². The maximum Gasteiger partial charge on any atom is 0.0952 e. The van der Waals surface area contributed by atoms with Crippen molar-refractivity contribution < 1.29 is 9.84 Å². The molecular formula is C16H15Br2NO2. The molecule has 0 saturated heterocycles. The molecule has 2 aromatic carbocycles. The number of aromatic nitrogens is 1. The van der Waals surface area contributed by atoms with Crippen LogP contribution in [0, 0.1) is 0 Å². The van der Waals surface area contributed by atoms with Crippen LogP contribution in [0.3, 0.4) is 0 Å². The van der Waals surface area contributed by atoms with E-state index in [0.717, 1.165) is 20.0 Å². The van der Waals surface area contributed by atoms with Crippen molar-refractivity contribution in [3.05, 3.63) is 45.3 Å². The maximum absolute atomic E-state index is 10.1. The molecule has 21 heavy (non-hydrogen) atoms. The fraction of sp³-hybridized carbons (Fsp3) is 0.250. The Morgan fingerprint density at radius 2 is 1.57 bits per heavy atom. The van der Waals surface area contributed by atoms with E-state index in [2.05, 4.69) is 60.7 Å². The molecule has 0 fully saturated rings. The smallest absolute Gasteiger partial charge is 0.0952 e. The molecule has 1 N–H and O–H groups in total. The molecule has 0 bridgehead atoms. The Balaban J connectivity index is 2.24. The standard InChI is InChI=1S/C16H15Br2NO2/c1-21-9-12(20)8-19-15-4-2-10(17)6-13(15)14-7-11(18)3-5-16(14)19/h2-7,12,20H,8-9H2,1H3. The van der Waals surface area contributed by atoms with Gasteiger partial charge in [0, 0.05) is 37.9 Å². The summed E-state index contributed by atoms with van der Waals surface area (Å²) >= 11 is 7.06. The molecule has 3 nitrogen and oxygen atoms in total. The quantitative estimate of drug-likeness (QED) is 0.692. The molecule has 0 amide bonds. The summed E-state index contributed by atoms with van der Waals surface area (Å²) in [6.45, 7) is 0.839. The van der Waals surface area contributed by atoms with Crippen molar-refractivity contribution in [1.82, 2.24) is 4.57 Å². The Hall–Kier alpha value is -0.880. The highest BCUT2D eigenvalue weighted by Crippen LogP contribution is 2.33. The van der Waals surface area contributed by atoms with Crippen molar-refractivity contribution in [3.63, 3.8) is 0 Å². The van der Waals surface area contributed by atoms with E-state index in [4.69, 9.17) is 4.74 Å². The Morgan fingerprint density at radius 1 is 1.05 bits per heavy atom. The number of aliphatic hydroxyl groups excluding tert-OH is 1. The molecule has 1 unspecified atom stereocenters. The Bertz CT molecular complexity index is 738. The molecule has 110 valence electrons. The molecule has 3 aromatic rings. The van der Waals surface area contributed by atoms with Crippen LogP contribution in [0.2, 0.25) is 0 Å². The third-order valence-corrected chi connectivity index (χ3v) is 4.53. The van der Waals surface area contributed by atoms with Crippen LogP contribution in [0.15, 0.2) is 45.3 Å². The van der Waals surface area contributed by atoms with E-state index in [9.17, 15) is 5.11 Å². The molecule has 0 saturated carbocycles. The van der Waals surface area contributed by atoms with Crippen LogP contribution in [0.5, 0.6) is 0 Å². The summed E-state index contributed by atoms with van der Waals surface area (Å²) in [5.41, 5.74) is 2.22. The minimum absolute atomic E-state index is 0.328. The van der Waals surface area contributed by atoms with E-state index >= 15 is 0 Å². The number of rotatable bonds is 4. The topological polar surface area (TPSA) is 34.4 Å². The lowest BCUT2D eigenvalue weighted by atomic mass is 10.2. The maximum atomic E-state index is 10.1. The number of hydrogen-bond acceptors (Lipinski definition) is 2. The second kappa shape index (κ2) is 6.08. The molecule has 1 atom stereocenters. The number of nitrogens with zero attached hydrogens (tertiary/aromatic N) is 1. The van der Waals surface area contributed by atoms with Crippen molar-refractivity contribution in [2.75, 3.05) is 13.7 Å². The van der Waals surface area contributed by atoms with Crippen LogP contribution < -0.4 is 0 Å². The molecule has 1 heterocycles. The van der Waals surface area contributed by atoms with E-state index < -0.39 is 6.10 Å². The van der Waals surface area contributed by atoms with Gasteiger partial charge in [0.1, 0.15) is 0 Å².